The van der Waals surface area contributed by atoms with Crippen LogP contribution in [0.4, 0.5) is 5.69 Å². The van der Waals surface area contributed by atoms with Crippen LogP contribution in [0.5, 0.6) is 11.5 Å². The Morgan fingerprint density at radius 2 is 1.53 bits per heavy atom. The second-order valence-corrected chi connectivity index (χ2v) is 9.40. The lowest BCUT2D eigenvalue weighted by Gasteiger charge is -2.22. The molecule has 178 valence electrons. The summed E-state index contributed by atoms with van der Waals surface area (Å²) in [6.45, 7) is 0.987. The van der Waals surface area contributed by atoms with Crippen molar-refractivity contribution in [3.63, 3.8) is 0 Å². The van der Waals surface area contributed by atoms with Crippen molar-refractivity contribution in [2.24, 2.45) is 0 Å². The molecule has 0 saturated heterocycles. The average Bonchev–Trinajstić information content (AvgIpc) is 2.84. The van der Waals surface area contributed by atoms with Crippen LogP contribution in [0.2, 0.25) is 0 Å². The third-order valence-corrected chi connectivity index (χ3v) is 6.89. The number of Topliss-reactive ketones (excluding diaryl/α,β-unsaturated/α-hetero) is 1. The van der Waals surface area contributed by atoms with E-state index in [4.69, 9.17) is 9.47 Å². The maximum atomic E-state index is 13.4. The van der Waals surface area contributed by atoms with Crippen LogP contribution in [0.3, 0.4) is 0 Å². The first-order chi connectivity index (χ1) is 16.2. The van der Waals surface area contributed by atoms with Gasteiger partial charge in [0.05, 0.1) is 25.7 Å². The number of hydrogen-bond acceptors (Lipinski definition) is 6. The molecular weight excluding hydrogens is 456 g/mol. The van der Waals surface area contributed by atoms with E-state index >= 15 is 0 Å². The molecule has 0 aliphatic carbocycles. The van der Waals surface area contributed by atoms with E-state index < -0.39 is 22.5 Å². The van der Waals surface area contributed by atoms with Crippen LogP contribution in [0.1, 0.15) is 22.8 Å². The molecule has 0 radical (unpaired) electrons. The van der Waals surface area contributed by atoms with Crippen molar-refractivity contribution >= 4 is 27.4 Å². The van der Waals surface area contributed by atoms with Crippen molar-refractivity contribution in [2.75, 3.05) is 26.1 Å². The van der Waals surface area contributed by atoms with Crippen molar-refractivity contribution in [1.82, 2.24) is 4.31 Å². The molecule has 0 fully saturated rings. The van der Waals surface area contributed by atoms with Crippen molar-refractivity contribution < 1.29 is 27.5 Å². The van der Waals surface area contributed by atoms with Crippen molar-refractivity contribution in [1.29, 1.82) is 0 Å². The van der Waals surface area contributed by atoms with Gasteiger partial charge in [0.25, 0.3) is 0 Å². The molecule has 1 N–H and O–H groups in total. The maximum absolute atomic E-state index is 13.4. The lowest BCUT2D eigenvalue weighted by Crippen LogP contribution is -2.37. The number of anilines is 1. The number of nitrogens with zero attached hydrogens (tertiary/aromatic N) is 1. The van der Waals surface area contributed by atoms with E-state index in [1.165, 1.54) is 45.4 Å². The van der Waals surface area contributed by atoms with Gasteiger partial charge < -0.3 is 14.8 Å². The minimum absolute atomic E-state index is 0.00299. The molecule has 0 saturated carbocycles. The smallest absolute Gasteiger partial charge is 0.243 e. The number of benzene rings is 3. The monoisotopic (exact) mass is 482 g/mol. The molecule has 0 heterocycles. The van der Waals surface area contributed by atoms with Gasteiger partial charge in [-0.25, -0.2) is 8.42 Å². The SMILES string of the molecule is COc1ccc(NC(=O)CN(Cc2ccccc2)S(=O)(=O)c2ccc(C(C)=O)cc2)cc1OC. The van der Waals surface area contributed by atoms with Crippen LogP contribution < -0.4 is 14.8 Å². The molecule has 0 aliphatic rings. The summed E-state index contributed by atoms with van der Waals surface area (Å²) < 4.78 is 38.4. The molecule has 1 amide bonds. The highest BCUT2D eigenvalue weighted by molar-refractivity contribution is 7.89. The van der Waals surface area contributed by atoms with Gasteiger partial charge in [0.2, 0.25) is 15.9 Å². The minimum atomic E-state index is -4.04. The minimum Gasteiger partial charge on any atom is -0.493 e. The topological polar surface area (TPSA) is 102 Å². The highest BCUT2D eigenvalue weighted by Gasteiger charge is 2.27. The highest BCUT2D eigenvalue weighted by atomic mass is 32.2. The Hall–Kier alpha value is -3.69. The number of methoxy groups -OCH3 is 2. The third-order valence-electron chi connectivity index (χ3n) is 5.09. The van der Waals surface area contributed by atoms with E-state index in [9.17, 15) is 18.0 Å². The average molecular weight is 483 g/mol. The van der Waals surface area contributed by atoms with E-state index in [1.807, 2.05) is 6.07 Å². The number of carbonyl (C=O) groups is 2. The molecule has 0 unspecified atom stereocenters. The van der Waals surface area contributed by atoms with E-state index in [0.29, 0.717) is 22.7 Å². The van der Waals surface area contributed by atoms with Gasteiger partial charge in [0, 0.05) is 23.9 Å². The predicted octanol–water partition coefficient (Wildman–Crippen LogP) is 3.74. The Kier molecular flexibility index (Phi) is 8.04. The Morgan fingerprint density at radius 3 is 2.12 bits per heavy atom. The largest absolute Gasteiger partial charge is 0.493 e. The molecule has 34 heavy (non-hydrogen) atoms. The predicted molar refractivity (Wildman–Crippen MR) is 129 cm³/mol. The first-order valence-electron chi connectivity index (χ1n) is 10.4. The number of carbonyl (C=O) groups excluding carboxylic acids is 2. The lowest BCUT2D eigenvalue weighted by molar-refractivity contribution is -0.116. The van der Waals surface area contributed by atoms with Gasteiger partial charge >= 0.3 is 0 Å². The second-order valence-electron chi connectivity index (χ2n) is 7.46. The Morgan fingerprint density at radius 1 is 0.882 bits per heavy atom. The molecule has 3 aromatic rings. The van der Waals surface area contributed by atoms with Gasteiger partial charge in [-0.15, -0.1) is 0 Å². The number of rotatable bonds is 10. The number of amides is 1. The molecule has 9 heteroatoms. The van der Waals surface area contributed by atoms with Crippen molar-refractivity contribution in [3.8, 4) is 11.5 Å². The molecule has 0 aromatic heterocycles. The molecule has 3 rings (SSSR count). The van der Waals surface area contributed by atoms with Gasteiger partial charge in [-0.05, 0) is 36.8 Å². The second kappa shape index (κ2) is 11.0. The van der Waals surface area contributed by atoms with Crippen LogP contribution in [0.15, 0.2) is 77.7 Å². The van der Waals surface area contributed by atoms with Crippen molar-refractivity contribution in [3.05, 3.63) is 83.9 Å². The van der Waals surface area contributed by atoms with Gasteiger partial charge in [0.15, 0.2) is 17.3 Å². The van der Waals surface area contributed by atoms with Gasteiger partial charge in [-0.1, -0.05) is 42.5 Å². The molecule has 0 spiro atoms. The summed E-state index contributed by atoms with van der Waals surface area (Å²) in [5, 5.41) is 2.71. The number of nitrogens with one attached hydrogen (secondary N) is 1. The van der Waals surface area contributed by atoms with Gasteiger partial charge in [-0.2, -0.15) is 4.31 Å². The number of ketones is 1. The standard InChI is InChI=1S/C25H26N2O6S/c1-18(28)20-9-12-22(13-10-20)34(30,31)27(16-19-7-5-4-6-8-19)17-25(29)26-21-11-14-23(32-2)24(15-21)33-3/h4-15H,16-17H2,1-3H3,(H,26,29). The first-order valence-corrected chi connectivity index (χ1v) is 11.9. The fraction of sp³-hybridized carbons (Fsp3) is 0.200. The zero-order valence-electron chi connectivity index (χ0n) is 19.1. The fourth-order valence-electron chi connectivity index (χ4n) is 3.30. The molecule has 3 aromatic carbocycles. The van der Waals surface area contributed by atoms with Gasteiger partial charge in [0.1, 0.15) is 0 Å². The van der Waals surface area contributed by atoms with Crippen LogP contribution >= 0.6 is 0 Å². The Labute approximate surface area is 199 Å². The van der Waals surface area contributed by atoms with E-state index in [2.05, 4.69) is 5.32 Å². The highest BCUT2D eigenvalue weighted by Crippen LogP contribution is 2.29. The van der Waals surface area contributed by atoms with Gasteiger partial charge in [-0.3, -0.25) is 9.59 Å². The summed E-state index contributed by atoms with van der Waals surface area (Å²) in [5.74, 6) is 0.244. The zero-order chi connectivity index (χ0) is 24.7. The lowest BCUT2D eigenvalue weighted by atomic mass is 10.2. The summed E-state index contributed by atoms with van der Waals surface area (Å²) in [5.41, 5.74) is 1.57. The van der Waals surface area contributed by atoms with Crippen LogP contribution in [-0.2, 0) is 21.4 Å². The van der Waals surface area contributed by atoms with E-state index in [1.54, 1.807) is 42.5 Å². The summed E-state index contributed by atoms with van der Waals surface area (Å²) in [6.07, 6.45) is 0. The quantitative estimate of drug-likeness (QED) is 0.442. The molecule has 0 bridgehead atoms. The normalized spacial score (nSPS) is 11.2. The van der Waals surface area contributed by atoms with Crippen LogP contribution in [-0.4, -0.2) is 45.2 Å². The third kappa shape index (κ3) is 6.00. The van der Waals surface area contributed by atoms with E-state index in [-0.39, 0.29) is 17.2 Å². The fourth-order valence-corrected chi connectivity index (χ4v) is 4.68. The van der Waals surface area contributed by atoms with Crippen LogP contribution in [0, 0.1) is 0 Å². The molecule has 0 aliphatic heterocycles. The zero-order valence-corrected chi connectivity index (χ0v) is 20.0. The molecular formula is C25H26N2O6S. The maximum Gasteiger partial charge on any atom is 0.243 e. The number of ether oxygens (including phenoxy) is 2. The van der Waals surface area contributed by atoms with E-state index in [0.717, 1.165) is 9.87 Å². The number of hydrogen-bond donors (Lipinski definition) is 1. The summed E-state index contributed by atoms with van der Waals surface area (Å²) in [4.78, 5) is 24.4. The number of sulfonamides is 1. The first kappa shape index (κ1) is 24.9. The summed E-state index contributed by atoms with van der Waals surface area (Å²) in [7, 11) is -1.05. The summed E-state index contributed by atoms with van der Waals surface area (Å²) >= 11 is 0. The molecule has 0 atom stereocenters. The molecule has 8 nitrogen and oxygen atoms in total. The van der Waals surface area contributed by atoms with Crippen LogP contribution in [0.25, 0.3) is 0 Å². The Balaban J connectivity index is 1.87. The summed E-state index contributed by atoms with van der Waals surface area (Å²) in [6, 6.07) is 19.5. The Bertz CT molecular complexity index is 1260. The van der Waals surface area contributed by atoms with Crippen molar-refractivity contribution in [2.45, 2.75) is 18.4 Å².